The molecule has 2 N–H and O–H groups in total. The van der Waals surface area contributed by atoms with Gasteiger partial charge >= 0.3 is 0 Å². The third kappa shape index (κ3) is 2.20. The highest BCUT2D eigenvalue weighted by molar-refractivity contribution is 5.64. The number of anilines is 1. The summed E-state index contributed by atoms with van der Waals surface area (Å²) in [6.07, 6.45) is 5.58. The summed E-state index contributed by atoms with van der Waals surface area (Å²) >= 11 is 0. The van der Waals surface area contributed by atoms with E-state index >= 15 is 0 Å². The van der Waals surface area contributed by atoms with Crippen LogP contribution in [0.15, 0.2) is 55.0 Å². The van der Waals surface area contributed by atoms with Crippen LogP contribution in [0.2, 0.25) is 0 Å². The van der Waals surface area contributed by atoms with Gasteiger partial charge in [0.1, 0.15) is 0 Å². The van der Waals surface area contributed by atoms with E-state index in [-0.39, 0.29) is 0 Å². The summed E-state index contributed by atoms with van der Waals surface area (Å²) in [7, 11) is 0. The Morgan fingerprint density at radius 1 is 1.05 bits per heavy atom. The summed E-state index contributed by atoms with van der Waals surface area (Å²) in [4.78, 5) is 4.35. The number of nitrogens with two attached hydrogens (primary N) is 1. The lowest BCUT2D eigenvalue weighted by atomic mass is 10.1. The van der Waals surface area contributed by atoms with Gasteiger partial charge in [-0.25, -0.2) is 9.67 Å². The molecule has 0 aliphatic heterocycles. The van der Waals surface area contributed by atoms with Crippen molar-refractivity contribution >= 4 is 5.69 Å². The number of rotatable bonds is 2. The fourth-order valence-corrected chi connectivity index (χ4v) is 1.98. The molecule has 4 heteroatoms. The number of benzene rings is 1. The Morgan fingerprint density at radius 3 is 2.58 bits per heavy atom. The van der Waals surface area contributed by atoms with Gasteiger partial charge in [-0.15, -0.1) is 0 Å². The second kappa shape index (κ2) is 4.57. The van der Waals surface area contributed by atoms with Crippen molar-refractivity contribution in [3.8, 4) is 16.9 Å². The number of aryl methyl sites for hydroxylation is 1. The summed E-state index contributed by atoms with van der Waals surface area (Å²) in [5.41, 5.74) is 9.68. The van der Waals surface area contributed by atoms with Crippen molar-refractivity contribution in [2.24, 2.45) is 0 Å². The zero-order valence-electron chi connectivity index (χ0n) is 10.6. The van der Waals surface area contributed by atoms with Gasteiger partial charge in [-0.2, -0.15) is 5.10 Å². The van der Waals surface area contributed by atoms with Crippen LogP contribution in [0, 0.1) is 6.92 Å². The maximum atomic E-state index is 5.69. The Morgan fingerprint density at radius 2 is 1.84 bits per heavy atom. The molecule has 0 aliphatic rings. The first-order valence-corrected chi connectivity index (χ1v) is 6.06. The van der Waals surface area contributed by atoms with Crippen LogP contribution < -0.4 is 5.73 Å². The zero-order chi connectivity index (χ0) is 13.2. The number of pyridine rings is 1. The standard InChI is InChI=1S/C15H14N4/c1-11-3-2-8-17-15(11)19-10-13(9-18-19)12-4-6-14(16)7-5-12/h2-10H,16H2,1H3. The van der Waals surface area contributed by atoms with Gasteiger partial charge < -0.3 is 5.73 Å². The first-order chi connectivity index (χ1) is 9.24. The van der Waals surface area contributed by atoms with Crippen molar-refractivity contribution in [3.05, 3.63) is 60.6 Å². The number of hydrogen-bond acceptors (Lipinski definition) is 3. The molecule has 0 aliphatic carbocycles. The van der Waals surface area contributed by atoms with E-state index in [2.05, 4.69) is 10.1 Å². The van der Waals surface area contributed by atoms with Crippen LogP contribution in [0.1, 0.15) is 5.56 Å². The monoisotopic (exact) mass is 250 g/mol. The summed E-state index contributed by atoms with van der Waals surface area (Å²) in [5, 5.41) is 4.37. The smallest absolute Gasteiger partial charge is 0.156 e. The lowest BCUT2D eigenvalue weighted by molar-refractivity contribution is 0.838. The molecule has 0 saturated carbocycles. The number of hydrogen-bond donors (Lipinski definition) is 1. The van der Waals surface area contributed by atoms with Crippen LogP contribution in [0.25, 0.3) is 16.9 Å². The highest BCUT2D eigenvalue weighted by atomic mass is 15.3. The van der Waals surface area contributed by atoms with E-state index in [1.165, 1.54) is 0 Å². The number of nitrogens with zero attached hydrogens (tertiary/aromatic N) is 3. The Balaban J connectivity index is 2.00. The first kappa shape index (κ1) is 11.5. The zero-order valence-corrected chi connectivity index (χ0v) is 10.6. The molecular weight excluding hydrogens is 236 g/mol. The van der Waals surface area contributed by atoms with Crippen LogP contribution in [0.5, 0.6) is 0 Å². The second-order valence-corrected chi connectivity index (χ2v) is 4.44. The predicted octanol–water partition coefficient (Wildman–Crippen LogP) is 2.82. The van der Waals surface area contributed by atoms with Gasteiger partial charge in [0.15, 0.2) is 5.82 Å². The molecule has 0 bridgehead atoms. The molecule has 0 unspecified atom stereocenters. The Hall–Kier alpha value is -2.62. The minimum Gasteiger partial charge on any atom is -0.399 e. The van der Waals surface area contributed by atoms with E-state index in [4.69, 9.17) is 5.73 Å². The molecule has 0 saturated heterocycles. The van der Waals surface area contributed by atoms with Gasteiger partial charge in [0, 0.05) is 23.6 Å². The van der Waals surface area contributed by atoms with Gasteiger partial charge in [-0.3, -0.25) is 0 Å². The maximum Gasteiger partial charge on any atom is 0.156 e. The Bertz CT molecular complexity index is 698. The molecule has 0 radical (unpaired) electrons. The third-order valence-electron chi connectivity index (χ3n) is 3.03. The van der Waals surface area contributed by atoms with Crippen LogP contribution >= 0.6 is 0 Å². The molecule has 2 aromatic heterocycles. The first-order valence-electron chi connectivity index (χ1n) is 6.06. The van der Waals surface area contributed by atoms with Crippen molar-refractivity contribution in [3.63, 3.8) is 0 Å². The molecule has 0 atom stereocenters. The lowest BCUT2D eigenvalue weighted by Crippen LogP contribution is -1.99. The highest BCUT2D eigenvalue weighted by Gasteiger charge is 2.06. The molecule has 2 heterocycles. The highest BCUT2D eigenvalue weighted by Crippen LogP contribution is 2.21. The molecule has 0 fully saturated rings. The molecule has 19 heavy (non-hydrogen) atoms. The van der Waals surface area contributed by atoms with Crippen LogP contribution in [-0.2, 0) is 0 Å². The molecule has 1 aromatic carbocycles. The Kier molecular flexibility index (Phi) is 2.76. The quantitative estimate of drug-likeness (QED) is 0.711. The fraction of sp³-hybridized carbons (Fsp3) is 0.0667. The van der Waals surface area contributed by atoms with Crippen molar-refractivity contribution < 1.29 is 0 Å². The summed E-state index contributed by atoms with van der Waals surface area (Å²) in [6, 6.07) is 11.7. The SMILES string of the molecule is Cc1cccnc1-n1cc(-c2ccc(N)cc2)cn1. The molecule has 3 aromatic rings. The third-order valence-corrected chi connectivity index (χ3v) is 3.03. The van der Waals surface area contributed by atoms with Gasteiger partial charge in [0.25, 0.3) is 0 Å². The number of aromatic nitrogens is 3. The summed E-state index contributed by atoms with van der Waals surface area (Å²) < 4.78 is 1.79. The van der Waals surface area contributed by atoms with Crippen molar-refractivity contribution in [1.29, 1.82) is 0 Å². The van der Waals surface area contributed by atoms with Crippen LogP contribution in [-0.4, -0.2) is 14.8 Å². The van der Waals surface area contributed by atoms with Crippen molar-refractivity contribution in [1.82, 2.24) is 14.8 Å². The number of nitrogen functional groups attached to an aromatic ring is 1. The van der Waals surface area contributed by atoms with Gasteiger partial charge in [0.2, 0.25) is 0 Å². The second-order valence-electron chi connectivity index (χ2n) is 4.44. The summed E-state index contributed by atoms with van der Waals surface area (Å²) in [6.45, 7) is 2.02. The van der Waals surface area contributed by atoms with Crippen LogP contribution in [0.4, 0.5) is 5.69 Å². The summed E-state index contributed by atoms with van der Waals surface area (Å²) in [5.74, 6) is 0.851. The van der Waals surface area contributed by atoms with Gasteiger partial charge in [0.05, 0.1) is 6.20 Å². The molecule has 4 nitrogen and oxygen atoms in total. The largest absolute Gasteiger partial charge is 0.399 e. The maximum absolute atomic E-state index is 5.69. The van der Waals surface area contributed by atoms with E-state index in [9.17, 15) is 0 Å². The van der Waals surface area contributed by atoms with Crippen LogP contribution in [0.3, 0.4) is 0 Å². The van der Waals surface area contributed by atoms with Gasteiger partial charge in [-0.05, 0) is 36.2 Å². The van der Waals surface area contributed by atoms with E-state index in [1.54, 1.807) is 10.9 Å². The minimum atomic E-state index is 0.761. The molecule has 3 rings (SSSR count). The van der Waals surface area contributed by atoms with Crippen molar-refractivity contribution in [2.75, 3.05) is 5.73 Å². The Labute approximate surface area is 111 Å². The molecule has 0 spiro atoms. The minimum absolute atomic E-state index is 0.761. The van der Waals surface area contributed by atoms with Gasteiger partial charge in [-0.1, -0.05) is 18.2 Å². The van der Waals surface area contributed by atoms with E-state index in [0.29, 0.717) is 0 Å². The average molecular weight is 250 g/mol. The van der Waals surface area contributed by atoms with Crippen molar-refractivity contribution in [2.45, 2.75) is 6.92 Å². The topological polar surface area (TPSA) is 56.7 Å². The lowest BCUT2D eigenvalue weighted by Gasteiger charge is -2.03. The van der Waals surface area contributed by atoms with E-state index in [1.807, 2.05) is 55.7 Å². The molecule has 0 amide bonds. The van der Waals surface area contributed by atoms with E-state index in [0.717, 1.165) is 28.2 Å². The molecular formula is C15H14N4. The predicted molar refractivity (Wildman–Crippen MR) is 75.9 cm³/mol. The fourth-order valence-electron chi connectivity index (χ4n) is 1.98. The van der Waals surface area contributed by atoms with E-state index < -0.39 is 0 Å². The molecule has 94 valence electrons. The average Bonchev–Trinajstić information content (AvgIpc) is 2.89. The normalized spacial score (nSPS) is 10.6.